The summed E-state index contributed by atoms with van der Waals surface area (Å²) in [5, 5.41) is 0. The fourth-order valence-electron chi connectivity index (χ4n) is 1.84. The molecular formula is C22H18. The van der Waals surface area contributed by atoms with Gasteiger partial charge >= 0.3 is 0 Å². The van der Waals surface area contributed by atoms with Crippen molar-refractivity contribution in [3.8, 4) is 23.7 Å². The summed E-state index contributed by atoms with van der Waals surface area (Å²) in [4.78, 5) is 0. The molecule has 0 amide bonds. The molecule has 106 valence electrons. The second kappa shape index (κ2) is 8.35. The van der Waals surface area contributed by atoms with Gasteiger partial charge in [0.1, 0.15) is 0 Å². The Kier molecular flexibility index (Phi) is 5.86. The maximum absolute atomic E-state index is 3.16. The Morgan fingerprint density at radius 3 is 1.82 bits per heavy atom. The summed E-state index contributed by atoms with van der Waals surface area (Å²) in [6.45, 7) is 3.98. The number of benzene rings is 2. The van der Waals surface area contributed by atoms with Gasteiger partial charge in [0.05, 0.1) is 0 Å². The largest absolute Gasteiger partial charge is 0.0864 e. The van der Waals surface area contributed by atoms with E-state index in [-0.39, 0.29) is 0 Å². The summed E-state index contributed by atoms with van der Waals surface area (Å²) in [6.07, 6.45) is 6.01. The van der Waals surface area contributed by atoms with Gasteiger partial charge in [-0.3, -0.25) is 0 Å². The molecule has 0 saturated heterocycles. The van der Waals surface area contributed by atoms with Gasteiger partial charge < -0.3 is 0 Å². The van der Waals surface area contributed by atoms with Gasteiger partial charge in [0.2, 0.25) is 0 Å². The number of allylic oxidation sites excluding steroid dienone is 4. The third-order valence-electron chi connectivity index (χ3n) is 3.02. The minimum atomic E-state index is 0.995. The molecule has 2 aromatic carbocycles. The molecule has 0 fully saturated rings. The maximum Gasteiger partial charge on any atom is 0.0249 e. The zero-order valence-electron chi connectivity index (χ0n) is 12.9. The standard InChI is InChI=1S/C22H18/c1-3-8-19(4-2)11-12-21-15-17-22(18-16-21)14-13-20-9-6-5-7-10-20/h3-10,15-18H,1-2H3/b8-3-,19-4+. The highest BCUT2D eigenvalue weighted by Crippen LogP contribution is 2.04. The average molecular weight is 282 g/mol. The second-order valence-corrected chi connectivity index (χ2v) is 4.69. The molecule has 2 aromatic rings. The van der Waals surface area contributed by atoms with Gasteiger partial charge in [0, 0.05) is 22.3 Å². The van der Waals surface area contributed by atoms with Crippen molar-refractivity contribution in [2.75, 3.05) is 0 Å². The smallest absolute Gasteiger partial charge is 0.0249 e. The fourth-order valence-corrected chi connectivity index (χ4v) is 1.84. The van der Waals surface area contributed by atoms with Crippen LogP contribution in [0.25, 0.3) is 0 Å². The van der Waals surface area contributed by atoms with Crippen molar-refractivity contribution >= 4 is 0 Å². The van der Waals surface area contributed by atoms with Gasteiger partial charge in [0.15, 0.2) is 0 Å². The fraction of sp³-hybridized carbons (Fsp3) is 0.0909. The topological polar surface area (TPSA) is 0 Å². The molecule has 0 spiro atoms. The van der Waals surface area contributed by atoms with Crippen molar-refractivity contribution in [3.63, 3.8) is 0 Å². The quantitative estimate of drug-likeness (QED) is 0.512. The molecule has 0 atom stereocenters. The first-order chi connectivity index (χ1) is 10.8. The summed E-state index contributed by atoms with van der Waals surface area (Å²) in [6, 6.07) is 18.0. The maximum atomic E-state index is 3.16. The van der Waals surface area contributed by atoms with Gasteiger partial charge in [-0.1, -0.05) is 60.1 Å². The Bertz CT molecular complexity index is 780. The summed E-state index contributed by atoms with van der Waals surface area (Å²) < 4.78 is 0. The first-order valence-corrected chi connectivity index (χ1v) is 7.30. The van der Waals surface area contributed by atoms with Crippen LogP contribution in [0.2, 0.25) is 0 Å². The van der Waals surface area contributed by atoms with Crippen LogP contribution in [0.1, 0.15) is 30.5 Å². The van der Waals surface area contributed by atoms with E-state index in [0.717, 1.165) is 22.3 Å². The molecule has 0 heteroatoms. The molecule has 0 heterocycles. The van der Waals surface area contributed by atoms with Crippen LogP contribution in [-0.2, 0) is 0 Å². The minimum absolute atomic E-state index is 0.995. The third-order valence-corrected chi connectivity index (χ3v) is 3.02. The highest BCUT2D eigenvalue weighted by atomic mass is 13.9. The molecule has 0 unspecified atom stereocenters. The highest BCUT2D eigenvalue weighted by Gasteiger charge is 1.89. The number of hydrogen-bond donors (Lipinski definition) is 0. The zero-order valence-corrected chi connectivity index (χ0v) is 12.9. The molecule has 0 aliphatic carbocycles. The van der Waals surface area contributed by atoms with Crippen molar-refractivity contribution in [1.29, 1.82) is 0 Å². The molecule has 0 N–H and O–H groups in total. The van der Waals surface area contributed by atoms with Crippen molar-refractivity contribution in [3.05, 3.63) is 95.1 Å². The van der Waals surface area contributed by atoms with Crippen molar-refractivity contribution in [1.82, 2.24) is 0 Å². The van der Waals surface area contributed by atoms with E-state index in [4.69, 9.17) is 0 Å². The monoisotopic (exact) mass is 282 g/mol. The Balaban J connectivity index is 2.12. The van der Waals surface area contributed by atoms with Crippen LogP contribution in [0.5, 0.6) is 0 Å². The van der Waals surface area contributed by atoms with Crippen LogP contribution in [-0.4, -0.2) is 0 Å². The Labute approximate surface area is 133 Å². The second-order valence-electron chi connectivity index (χ2n) is 4.69. The van der Waals surface area contributed by atoms with Crippen LogP contribution in [0.3, 0.4) is 0 Å². The van der Waals surface area contributed by atoms with Crippen molar-refractivity contribution < 1.29 is 0 Å². The first-order valence-electron chi connectivity index (χ1n) is 7.30. The average Bonchev–Trinajstić information content (AvgIpc) is 2.58. The molecular weight excluding hydrogens is 264 g/mol. The lowest BCUT2D eigenvalue weighted by Gasteiger charge is -1.93. The zero-order chi connectivity index (χ0) is 15.6. The Morgan fingerprint density at radius 1 is 0.727 bits per heavy atom. The van der Waals surface area contributed by atoms with E-state index in [2.05, 4.69) is 23.7 Å². The summed E-state index contributed by atoms with van der Waals surface area (Å²) in [7, 11) is 0. The van der Waals surface area contributed by atoms with Crippen molar-refractivity contribution in [2.45, 2.75) is 13.8 Å². The van der Waals surface area contributed by atoms with Crippen molar-refractivity contribution in [2.24, 2.45) is 0 Å². The van der Waals surface area contributed by atoms with E-state index < -0.39 is 0 Å². The summed E-state index contributed by atoms with van der Waals surface area (Å²) >= 11 is 0. The molecule has 0 aliphatic heterocycles. The molecule has 0 radical (unpaired) electrons. The lowest BCUT2D eigenvalue weighted by molar-refractivity contribution is 1.58. The number of rotatable bonds is 1. The van der Waals surface area contributed by atoms with E-state index in [9.17, 15) is 0 Å². The Morgan fingerprint density at radius 2 is 1.27 bits per heavy atom. The van der Waals surface area contributed by atoms with E-state index in [1.54, 1.807) is 0 Å². The minimum Gasteiger partial charge on any atom is -0.0864 e. The molecule has 0 nitrogen and oxygen atoms in total. The first kappa shape index (κ1) is 15.4. The number of hydrogen-bond acceptors (Lipinski definition) is 0. The summed E-state index contributed by atoms with van der Waals surface area (Å²) in [5.74, 6) is 12.6. The lowest BCUT2D eigenvalue weighted by atomic mass is 10.1. The van der Waals surface area contributed by atoms with Gasteiger partial charge in [-0.05, 0) is 50.2 Å². The van der Waals surface area contributed by atoms with Gasteiger partial charge in [-0.25, -0.2) is 0 Å². The predicted octanol–water partition coefficient (Wildman–Crippen LogP) is 4.96. The molecule has 0 aliphatic rings. The van der Waals surface area contributed by atoms with Gasteiger partial charge in [0.25, 0.3) is 0 Å². The van der Waals surface area contributed by atoms with Crippen LogP contribution >= 0.6 is 0 Å². The van der Waals surface area contributed by atoms with Gasteiger partial charge in [-0.2, -0.15) is 0 Å². The Hall–Kier alpha value is -2.96. The third kappa shape index (κ3) is 4.86. The van der Waals surface area contributed by atoms with E-state index >= 15 is 0 Å². The molecule has 2 rings (SSSR count). The van der Waals surface area contributed by atoms with Crippen LogP contribution in [0.4, 0.5) is 0 Å². The highest BCUT2D eigenvalue weighted by molar-refractivity contribution is 5.48. The molecule has 22 heavy (non-hydrogen) atoms. The summed E-state index contributed by atoms with van der Waals surface area (Å²) in [5.41, 5.74) is 4.04. The SMILES string of the molecule is C/C=C\C(C#Cc1ccc(C#Cc2ccccc2)cc1)=C/C. The normalized spacial score (nSPS) is 10.5. The van der Waals surface area contributed by atoms with E-state index in [1.165, 1.54) is 0 Å². The van der Waals surface area contributed by atoms with Crippen LogP contribution in [0.15, 0.2) is 78.4 Å². The molecule has 0 aromatic heterocycles. The van der Waals surface area contributed by atoms with E-state index in [1.807, 2.05) is 86.7 Å². The van der Waals surface area contributed by atoms with Crippen LogP contribution < -0.4 is 0 Å². The lowest BCUT2D eigenvalue weighted by Crippen LogP contribution is -1.79. The molecule has 0 bridgehead atoms. The predicted molar refractivity (Wildman–Crippen MR) is 94.3 cm³/mol. The van der Waals surface area contributed by atoms with Crippen LogP contribution in [0, 0.1) is 23.7 Å². The van der Waals surface area contributed by atoms with E-state index in [0.29, 0.717) is 0 Å². The van der Waals surface area contributed by atoms with Gasteiger partial charge in [-0.15, -0.1) is 0 Å². The molecule has 0 saturated carbocycles.